The van der Waals surface area contributed by atoms with E-state index in [1.54, 1.807) is 0 Å². The Morgan fingerprint density at radius 3 is 2.30 bits per heavy atom. The molecule has 0 aromatic heterocycles. The Bertz CT molecular complexity index is 466. The number of carbonyl (C=O) groups is 1. The van der Waals surface area contributed by atoms with Gasteiger partial charge in [0, 0.05) is 6.54 Å². The van der Waals surface area contributed by atoms with Gasteiger partial charge in [0.05, 0.1) is 5.56 Å². The van der Waals surface area contributed by atoms with Crippen LogP contribution in [0.15, 0.2) is 24.3 Å². The van der Waals surface area contributed by atoms with Crippen molar-refractivity contribution in [3.63, 3.8) is 0 Å². The maximum atomic E-state index is 12.4. The smallest absolute Gasteiger partial charge is 0.416 e. The monoisotopic (exact) mass is 287 g/mol. The quantitative estimate of drug-likeness (QED) is 0.875. The van der Waals surface area contributed by atoms with Crippen LogP contribution in [-0.4, -0.2) is 17.1 Å². The summed E-state index contributed by atoms with van der Waals surface area (Å²) in [7, 11) is 0. The van der Waals surface area contributed by atoms with E-state index in [0.29, 0.717) is 5.56 Å². The molecule has 6 heteroatoms. The van der Waals surface area contributed by atoms with Crippen molar-refractivity contribution in [1.29, 1.82) is 0 Å². The molecule has 0 heterocycles. The molecule has 0 bridgehead atoms. The SMILES string of the molecule is O=C(O)C(NCc1ccc(C(F)(F)F)cc1)C1CCC1. The number of halogens is 3. The average Bonchev–Trinajstić information content (AvgIpc) is 2.31. The van der Waals surface area contributed by atoms with Crippen LogP contribution in [0.2, 0.25) is 0 Å². The number of nitrogens with one attached hydrogen (secondary N) is 1. The van der Waals surface area contributed by atoms with Crippen molar-refractivity contribution in [1.82, 2.24) is 5.32 Å². The Morgan fingerprint density at radius 1 is 1.30 bits per heavy atom. The highest BCUT2D eigenvalue weighted by Crippen LogP contribution is 2.30. The number of rotatable bonds is 5. The van der Waals surface area contributed by atoms with E-state index in [0.717, 1.165) is 31.4 Å². The molecule has 1 fully saturated rings. The normalized spacial score (nSPS) is 17.6. The summed E-state index contributed by atoms with van der Waals surface area (Å²) in [6.07, 6.45) is -1.54. The van der Waals surface area contributed by atoms with Gasteiger partial charge < -0.3 is 10.4 Å². The average molecular weight is 287 g/mol. The molecule has 2 rings (SSSR count). The molecular weight excluding hydrogens is 271 g/mol. The third kappa shape index (κ3) is 3.50. The van der Waals surface area contributed by atoms with Crippen LogP contribution in [0.5, 0.6) is 0 Å². The summed E-state index contributed by atoms with van der Waals surface area (Å²) in [4.78, 5) is 11.1. The summed E-state index contributed by atoms with van der Waals surface area (Å²) in [5, 5.41) is 12.0. The van der Waals surface area contributed by atoms with E-state index in [9.17, 15) is 18.0 Å². The molecule has 1 unspecified atom stereocenters. The Morgan fingerprint density at radius 2 is 1.90 bits per heavy atom. The Balaban J connectivity index is 1.94. The molecule has 0 amide bonds. The predicted octanol–water partition coefficient (Wildman–Crippen LogP) is 3.05. The largest absolute Gasteiger partial charge is 0.480 e. The Labute approximate surface area is 114 Å². The zero-order valence-corrected chi connectivity index (χ0v) is 10.8. The minimum absolute atomic E-state index is 0.127. The maximum Gasteiger partial charge on any atom is 0.416 e. The van der Waals surface area contributed by atoms with Crippen molar-refractivity contribution >= 4 is 5.97 Å². The number of carboxylic acids is 1. The molecule has 1 aliphatic rings. The first kappa shape index (κ1) is 14.8. The maximum absolute atomic E-state index is 12.4. The Hall–Kier alpha value is -1.56. The van der Waals surface area contributed by atoms with E-state index in [4.69, 9.17) is 5.11 Å². The van der Waals surface area contributed by atoms with E-state index in [1.165, 1.54) is 12.1 Å². The Kier molecular flexibility index (Phi) is 4.32. The second-order valence-corrected chi connectivity index (χ2v) is 5.08. The minimum Gasteiger partial charge on any atom is -0.480 e. The number of benzene rings is 1. The topological polar surface area (TPSA) is 49.3 Å². The number of alkyl halides is 3. The molecule has 1 aliphatic carbocycles. The number of aliphatic carboxylic acids is 1. The summed E-state index contributed by atoms with van der Waals surface area (Å²) < 4.78 is 37.2. The van der Waals surface area contributed by atoms with Gasteiger partial charge in [0.2, 0.25) is 0 Å². The second-order valence-electron chi connectivity index (χ2n) is 5.08. The van der Waals surface area contributed by atoms with Gasteiger partial charge in [-0.25, -0.2) is 0 Å². The van der Waals surface area contributed by atoms with Gasteiger partial charge in [-0.05, 0) is 36.5 Å². The van der Waals surface area contributed by atoms with Gasteiger partial charge in [0.15, 0.2) is 0 Å². The standard InChI is InChI=1S/C14H16F3NO2/c15-14(16,17)11-6-4-9(5-7-11)8-18-12(13(19)20)10-2-1-3-10/h4-7,10,12,18H,1-3,8H2,(H,19,20). The number of hydrogen-bond acceptors (Lipinski definition) is 2. The number of hydrogen-bond donors (Lipinski definition) is 2. The van der Waals surface area contributed by atoms with Gasteiger partial charge in [-0.3, -0.25) is 4.79 Å². The van der Waals surface area contributed by atoms with Crippen LogP contribution < -0.4 is 5.32 Å². The highest BCUT2D eigenvalue weighted by Gasteiger charge is 2.32. The molecule has 0 saturated heterocycles. The first-order chi connectivity index (χ1) is 9.38. The summed E-state index contributed by atoms with van der Waals surface area (Å²) in [5.41, 5.74) is -0.0569. The fourth-order valence-electron chi connectivity index (χ4n) is 2.27. The lowest BCUT2D eigenvalue weighted by Gasteiger charge is -2.31. The van der Waals surface area contributed by atoms with Gasteiger partial charge in [-0.2, -0.15) is 13.2 Å². The van der Waals surface area contributed by atoms with Crippen LogP contribution in [0.3, 0.4) is 0 Å². The van der Waals surface area contributed by atoms with Crippen LogP contribution in [-0.2, 0) is 17.5 Å². The summed E-state index contributed by atoms with van der Waals surface area (Å²) in [6.45, 7) is 0.256. The van der Waals surface area contributed by atoms with Crippen molar-refractivity contribution in [2.45, 2.75) is 38.0 Å². The molecule has 3 nitrogen and oxygen atoms in total. The molecule has 0 spiro atoms. The molecular formula is C14H16F3NO2. The molecule has 0 radical (unpaired) electrons. The lowest BCUT2D eigenvalue weighted by molar-refractivity contribution is -0.142. The molecule has 1 aromatic rings. The second kappa shape index (κ2) is 5.83. The van der Waals surface area contributed by atoms with Crippen LogP contribution in [0.25, 0.3) is 0 Å². The lowest BCUT2D eigenvalue weighted by atomic mass is 9.79. The fraction of sp³-hybridized carbons (Fsp3) is 0.500. The van der Waals surface area contributed by atoms with Crippen LogP contribution in [0.4, 0.5) is 13.2 Å². The third-order valence-electron chi connectivity index (χ3n) is 3.69. The van der Waals surface area contributed by atoms with Crippen LogP contribution >= 0.6 is 0 Å². The molecule has 1 aromatic carbocycles. The summed E-state index contributed by atoms with van der Waals surface area (Å²) in [6, 6.07) is 4.14. The lowest BCUT2D eigenvalue weighted by Crippen LogP contribution is -2.45. The molecule has 1 saturated carbocycles. The molecule has 1 atom stereocenters. The fourth-order valence-corrected chi connectivity index (χ4v) is 2.27. The van der Waals surface area contributed by atoms with Crippen molar-refractivity contribution in [3.05, 3.63) is 35.4 Å². The highest BCUT2D eigenvalue weighted by atomic mass is 19.4. The van der Waals surface area contributed by atoms with E-state index < -0.39 is 23.8 Å². The first-order valence-corrected chi connectivity index (χ1v) is 6.50. The van der Waals surface area contributed by atoms with Gasteiger partial charge in [0.25, 0.3) is 0 Å². The molecule has 2 N–H and O–H groups in total. The highest BCUT2D eigenvalue weighted by molar-refractivity contribution is 5.74. The van der Waals surface area contributed by atoms with Gasteiger partial charge in [-0.1, -0.05) is 18.6 Å². The summed E-state index contributed by atoms with van der Waals surface area (Å²) in [5.74, 6) is -0.774. The molecule has 0 aliphatic heterocycles. The zero-order valence-electron chi connectivity index (χ0n) is 10.8. The minimum atomic E-state index is -4.35. The van der Waals surface area contributed by atoms with Crippen molar-refractivity contribution in [2.24, 2.45) is 5.92 Å². The van der Waals surface area contributed by atoms with E-state index >= 15 is 0 Å². The van der Waals surface area contributed by atoms with E-state index in [1.807, 2.05) is 0 Å². The molecule has 20 heavy (non-hydrogen) atoms. The van der Waals surface area contributed by atoms with Crippen LogP contribution in [0, 0.1) is 5.92 Å². The molecule has 110 valence electrons. The van der Waals surface area contributed by atoms with E-state index in [-0.39, 0.29) is 12.5 Å². The van der Waals surface area contributed by atoms with Crippen molar-refractivity contribution in [2.75, 3.05) is 0 Å². The van der Waals surface area contributed by atoms with Gasteiger partial charge >= 0.3 is 12.1 Å². The third-order valence-corrected chi connectivity index (χ3v) is 3.69. The predicted molar refractivity (Wildman–Crippen MR) is 67.0 cm³/mol. The van der Waals surface area contributed by atoms with Crippen molar-refractivity contribution < 1.29 is 23.1 Å². The zero-order chi connectivity index (χ0) is 14.8. The van der Waals surface area contributed by atoms with E-state index in [2.05, 4.69) is 5.32 Å². The number of carboxylic acid groups (broad SMARTS) is 1. The van der Waals surface area contributed by atoms with Crippen molar-refractivity contribution in [3.8, 4) is 0 Å². The van der Waals surface area contributed by atoms with Crippen LogP contribution in [0.1, 0.15) is 30.4 Å². The van der Waals surface area contributed by atoms with Gasteiger partial charge in [0.1, 0.15) is 6.04 Å². The first-order valence-electron chi connectivity index (χ1n) is 6.50. The summed E-state index contributed by atoms with van der Waals surface area (Å²) >= 11 is 0. The van der Waals surface area contributed by atoms with Gasteiger partial charge in [-0.15, -0.1) is 0 Å².